The van der Waals surface area contributed by atoms with Crippen LogP contribution >= 0.6 is 0 Å². The zero-order valence-corrected chi connectivity index (χ0v) is 23.2. The summed E-state index contributed by atoms with van der Waals surface area (Å²) in [6, 6.07) is 0. The molecule has 4 aliphatic rings. The molecule has 0 aromatic heterocycles. The molecule has 0 bridgehead atoms. The Morgan fingerprint density at radius 1 is 0.943 bits per heavy atom. The summed E-state index contributed by atoms with van der Waals surface area (Å²) < 4.78 is 11.3. The number of methoxy groups -OCH3 is 1. The Balaban J connectivity index is 1.32. The van der Waals surface area contributed by atoms with E-state index in [1.807, 2.05) is 0 Å². The summed E-state index contributed by atoms with van der Waals surface area (Å²) in [6.45, 7) is 8.91. The molecule has 4 aliphatic carbocycles. The number of carbonyl (C=O) groups excluding carboxylic acids is 1. The van der Waals surface area contributed by atoms with Crippen LogP contribution in [0.4, 0.5) is 0 Å². The zero-order valence-electron chi connectivity index (χ0n) is 23.2. The molecule has 4 saturated carbocycles. The topological polar surface area (TPSA) is 55.8 Å². The van der Waals surface area contributed by atoms with Gasteiger partial charge >= 0.3 is 5.97 Å². The van der Waals surface area contributed by atoms with E-state index in [4.69, 9.17) is 14.6 Å². The molecule has 1 N–H and O–H groups in total. The van der Waals surface area contributed by atoms with Crippen LogP contribution in [0.5, 0.6) is 0 Å². The Hall–Kier alpha value is -0.610. The van der Waals surface area contributed by atoms with Crippen molar-refractivity contribution in [2.75, 3.05) is 20.3 Å². The predicted octanol–water partition coefficient (Wildman–Crippen LogP) is 7.17. The number of unbranched alkanes of at least 4 members (excludes halogenated alkanes) is 3. The molecule has 0 saturated heterocycles. The molecule has 4 rings (SSSR count). The van der Waals surface area contributed by atoms with E-state index in [2.05, 4.69) is 20.8 Å². The standard InChI is InChI=1S/C31H54O4/c1-22(9-14-29(33)34-4)26-12-13-27-25-11-10-23-21-24(35-20-8-6-5-7-19-32)15-17-30(23,2)28(25)16-18-31(26,27)3/h22-28,32H,5-21H2,1-4H3/t22-,23?,24+,25+,26-,27+,28+,30+,31-/m1/s1. The van der Waals surface area contributed by atoms with Gasteiger partial charge in [-0.1, -0.05) is 33.6 Å². The van der Waals surface area contributed by atoms with Crippen molar-refractivity contribution < 1.29 is 19.4 Å². The number of ether oxygens (including phenoxy) is 2. The molecule has 0 radical (unpaired) electrons. The fourth-order valence-electron chi connectivity index (χ4n) is 9.81. The van der Waals surface area contributed by atoms with Gasteiger partial charge in [-0.15, -0.1) is 0 Å². The lowest BCUT2D eigenvalue weighted by molar-refractivity contribution is -0.142. The summed E-state index contributed by atoms with van der Waals surface area (Å²) >= 11 is 0. The second kappa shape index (κ2) is 11.8. The van der Waals surface area contributed by atoms with E-state index in [1.54, 1.807) is 0 Å². The minimum atomic E-state index is -0.0483. The number of carbonyl (C=O) groups is 1. The van der Waals surface area contributed by atoms with Gasteiger partial charge < -0.3 is 14.6 Å². The predicted molar refractivity (Wildman–Crippen MR) is 141 cm³/mol. The number of hydrogen-bond acceptors (Lipinski definition) is 4. The van der Waals surface area contributed by atoms with Crippen LogP contribution in [0, 0.1) is 46.3 Å². The minimum Gasteiger partial charge on any atom is -0.469 e. The molecule has 1 unspecified atom stereocenters. The van der Waals surface area contributed by atoms with Crippen molar-refractivity contribution in [1.82, 2.24) is 0 Å². The van der Waals surface area contributed by atoms with Gasteiger partial charge in [0, 0.05) is 19.6 Å². The van der Waals surface area contributed by atoms with Crippen LogP contribution in [0.15, 0.2) is 0 Å². The minimum absolute atomic E-state index is 0.0483. The van der Waals surface area contributed by atoms with Gasteiger partial charge in [-0.3, -0.25) is 4.79 Å². The van der Waals surface area contributed by atoms with Gasteiger partial charge in [0.2, 0.25) is 0 Å². The van der Waals surface area contributed by atoms with Gasteiger partial charge in [-0.05, 0) is 123 Å². The Morgan fingerprint density at radius 3 is 2.46 bits per heavy atom. The molecular formula is C31H54O4. The maximum absolute atomic E-state index is 11.7. The van der Waals surface area contributed by atoms with Crippen LogP contribution in [0.1, 0.15) is 117 Å². The molecule has 0 aromatic rings. The van der Waals surface area contributed by atoms with E-state index in [9.17, 15) is 4.79 Å². The van der Waals surface area contributed by atoms with Crippen molar-refractivity contribution in [1.29, 1.82) is 0 Å². The fraction of sp³-hybridized carbons (Fsp3) is 0.968. The summed E-state index contributed by atoms with van der Waals surface area (Å²) in [4.78, 5) is 11.7. The van der Waals surface area contributed by atoms with Crippen LogP contribution < -0.4 is 0 Å². The lowest BCUT2D eigenvalue weighted by Crippen LogP contribution is -2.54. The first-order valence-electron chi connectivity index (χ1n) is 15.1. The number of aliphatic hydroxyl groups excluding tert-OH is 1. The first-order valence-corrected chi connectivity index (χ1v) is 15.1. The number of hydrogen-bond donors (Lipinski definition) is 1. The molecule has 0 aromatic carbocycles. The third-order valence-corrected chi connectivity index (χ3v) is 11.8. The first-order chi connectivity index (χ1) is 16.8. The fourth-order valence-corrected chi connectivity index (χ4v) is 9.81. The van der Waals surface area contributed by atoms with Crippen molar-refractivity contribution in [3.63, 3.8) is 0 Å². The van der Waals surface area contributed by atoms with E-state index in [-0.39, 0.29) is 5.97 Å². The van der Waals surface area contributed by atoms with Gasteiger partial charge in [0.15, 0.2) is 0 Å². The highest BCUT2D eigenvalue weighted by molar-refractivity contribution is 5.69. The highest BCUT2D eigenvalue weighted by Gasteiger charge is 2.60. The van der Waals surface area contributed by atoms with Crippen molar-refractivity contribution in [2.24, 2.45) is 46.3 Å². The molecule has 35 heavy (non-hydrogen) atoms. The number of esters is 1. The molecule has 4 heteroatoms. The highest BCUT2D eigenvalue weighted by atomic mass is 16.5. The van der Waals surface area contributed by atoms with Crippen molar-refractivity contribution in [3.8, 4) is 0 Å². The average Bonchev–Trinajstić information content (AvgIpc) is 3.21. The Kier molecular flexibility index (Phi) is 9.28. The second-order valence-electron chi connectivity index (χ2n) is 13.4. The van der Waals surface area contributed by atoms with Crippen molar-refractivity contribution in [2.45, 2.75) is 123 Å². The zero-order chi connectivity index (χ0) is 25.1. The third-order valence-electron chi connectivity index (χ3n) is 11.8. The lowest BCUT2D eigenvalue weighted by atomic mass is 9.44. The quantitative estimate of drug-likeness (QED) is 0.246. The van der Waals surface area contributed by atoms with Crippen LogP contribution in [0.3, 0.4) is 0 Å². The molecule has 0 heterocycles. The molecule has 0 amide bonds. The Morgan fingerprint density at radius 2 is 1.69 bits per heavy atom. The van der Waals surface area contributed by atoms with E-state index in [0.717, 1.165) is 61.9 Å². The maximum atomic E-state index is 11.7. The molecule has 0 spiro atoms. The van der Waals surface area contributed by atoms with Gasteiger partial charge in [-0.2, -0.15) is 0 Å². The third kappa shape index (κ3) is 5.64. The van der Waals surface area contributed by atoms with Crippen molar-refractivity contribution in [3.05, 3.63) is 0 Å². The van der Waals surface area contributed by atoms with Crippen molar-refractivity contribution >= 4 is 5.97 Å². The van der Waals surface area contributed by atoms with Crippen LogP contribution in [-0.2, 0) is 14.3 Å². The second-order valence-corrected chi connectivity index (χ2v) is 13.4. The lowest BCUT2D eigenvalue weighted by Gasteiger charge is -2.61. The van der Waals surface area contributed by atoms with Gasteiger partial charge in [0.1, 0.15) is 0 Å². The first kappa shape index (κ1) is 27.4. The summed E-state index contributed by atoms with van der Waals surface area (Å²) in [6.07, 6.45) is 18.7. The smallest absolute Gasteiger partial charge is 0.305 e. The van der Waals surface area contributed by atoms with E-state index in [1.165, 1.54) is 71.3 Å². The summed E-state index contributed by atoms with van der Waals surface area (Å²) in [7, 11) is 1.51. The van der Waals surface area contributed by atoms with Crippen LogP contribution in [0.25, 0.3) is 0 Å². The van der Waals surface area contributed by atoms with Gasteiger partial charge in [-0.25, -0.2) is 0 Å². The number of rotatable bonds is 11. The number of fused-ring (bicyclic) bond motifs is 5. The summed E-state index contributed by atoms with van der Waals surface area (Å²) in [5, 5.41) is 8.95. The molecule has 202 valence electrons. The average molecular weight is 491 g/mol. The Labute approximate surface area is 215 Å². The molecule has 0 aliphatic heterocycles. The number of aliphatic hydroxyl groups is 1. The molecule has 4 fully saturated rings. The van der Waals surface area contributed by atoms with Gasteiger partial charge in [0.05, 0.1) is 13.2 Å². The van der Waals surface area contributed by atoms with E-state index in [0.29, 0.717) is 35.9 Å². The van der Waals surface area contributed by atoms with Crippen LogP contribution in [-0.4, -0.2) is 37.5 Å². The monoisotopic (exact) mass is 490 g/mol. The SMILES string of the molecule is COC(=O)CC[C@@H](C)[C@H]1CC[C@H]2[C@@H]3CCC4C[C@@H](OCCCCCCO)CC[C@]4(C)[C@H]3CC[C@]12C. The summed E-state index contributed by atoms with van der Waals surface area (Å²) in [5.74, 6) is 4.89. The molecule has 4 nitrogen and oxygen atoms in total. The molecule has 9 atom stereocenters. The Bertz CT molecular complexity index is 693. The maximum Gasteiger partial charge on any atom is 0.305 e. The largest absolute Gasteiger partial charge is 0.469 e. The highest BCUT2D eigenvalue weighted by Crippen LogP contribution is 2.68. The van der Waals surface area contributed by atoms with Gasteiger partial charge in [0.25, 0.3) is 0 Å². The van der Waals surface area contributed by atoms with Crippen LogP contribution in [0.2, 0.25) is 0 Å². The molecular weight excluding hydrogens is 436 g/mol. The summed E-state index contributed by atoms with van der Waals surface area (Å²) in [5.41, 5.74) is 0.982. The normalized spacial score (nSPS) is 41.5. The van der Waals surface area contributed by atoms with E-state index < -0.39 is 0 Å². The van der Waals surface area contributed by atoms with E-state index >= 15 is 0 Å².